The van der Waals surface area contributed by atoms with Crippen LogP contribution in [-0.4, -0.2) is 61.7 Å². The Kier molecular flexibility index (Phi) is 29.0. The van der Waals surface area contributed by atoms with Crippen LogP contribution in [0.15, 0.2) is 0 Å². The van der Waals surface area contributed by atoms with Gasteiger partial charge in [-0.1, -0.05) is 26.7 Å². The van der Waals surface area contributed by atoms with Crippen molar-refractivity contribution >= 4 is 19.1 Å². The molecule has 18 heavy (non-hydrogen) atoms. The highest BCUT2D eigenvalue weighted by Crippen LogP contribution is 1.81. The van der Waals surface area contributed by atoms with Crippen LogP contribution in [0, 0.1) is 0 Å². The zero-order chi connectivity index (χ0) is 14.8. The van der Waals surface area contributed by atoms with Crippen molar-refractivity contribution in [1.29, 1.82) is 0 Å². The first kappa shape index (κ1) is 23.3. The Morgan fingerprint density at radius 2 is 0.667 bits per heavy atom. The Bertz CT molecular complexity index is 97.9. The molecule has 0 heterocycles. The Balaban J connectivity index is -0.000000196. The molecule has 0 aromatic carbocycles. The number of hydrogen-bond donors (Lipinski definition) is 0. The van der Waals surface area contributed by atoms with Crippen LogP contribution in [0.3, 0.4) is 0 Å². The smallest absolute Gasteiger partial charge is 0.379 e. The summed E-state index contributed by atoms with van der Waals surface area (Å²) >= 11 is 0. The summed E-state index contributed by atoms with van der Waals surface area (Å²) in [6, 6.07) is 0. The van der Waals surface area contributed by atoms with E-state index in [1.807, 2.05) is 0 Å². The average Bonchev–Trinajstić information content (AvgIpc) is 2.44. The minimum absolute atomic E-state index is 1.32. The van der Waals surface area contributed by atoms with Crippen molar-refractivity contribution in [3.63, 3.8) is 0 Å². The first-order valence-corrected chi connectivity index (χ1v) is 8.61. The summed E-state index contributed by atoms with van der Waals surface area (Å²) in [5.41, 5.74) is 0. The summed E-state index contributed by atoms with van der Waals surface area (Å²) in [5, 5.41) is 0. The van der Waals surface area contributed by atoms with Crippen molar-refractivity contribution < 1.29 is 26.6 Å². The number of unbranched alkanes of at least 4 members (excludes halogenated alkanes) is 1. The average molecular weight is 303 g/mol. The van der Waals surface area contributed by atoms with E-state index >= 15 is 0 Å². The van der Waals surface area contributed by atoms with Gasteiger partial charge in [0.15, 0.2) is 0 Å². The molecule has 0 fully saturated rings. The summed E-state index contributed by atoms with van der Waals surface area (Å²) in [7, 11) is 6.10. The van der Waals surface area contributed by atoms with Gasteiger partial charge in [0.25, 0.3) is 0 Å². The molecule has 0 radical (unpaired) electrons. The Labute approximate surface area is 115 Å². The summed E-state index contributed by atoms with van der Waals surface area (Å²) in [6.45, 7) is 4.36. The third kappa shape index (κ3) is 21.5. The van der Waals surface area contributed by atoms with Gasteiger partial charge in [0.05, 0.1) is 0 Å². The third-order valence-corrected chi connectivity index (χ3v) is 3.96. The Morgan fingerprint density at radius 3 is 0.667 bits per heavy atom. The van der Waals surface area contributed by atoms with Crippen molar-refractivity contribution in [2.45, 2.75) is 26.7 Å². The first-order valence-electron chi connectivity index (χ1n) is 5.78. The van der Waals surface area contributed by atoms with E-state index in [9.17, 15) is 0 Å². The van der Waals surface area contributed by atoms with Gasteiger partial charge in [0, 0.05) is 42.7 Å². The first-order chi connectivity index (χ1) is 8.61. The molecular weight excluding hydrogens is 272 g/mol. The number of hydrogen-bond acceptors (Lipinski definition) is 6. The normalized spacial score (nSPS) is 9.67. The zero-order valence-electron chi connectivity index (χ0n) is 13.0. The molecule has 114 valence electrons. The van der Waals surface area contributed by atoms with Gasteiger partial charge in [-0.15, -0.1) is 0 Å². The topological polar surface area (TPSA) is 55.4 Å². The fourth-order valence-electron chi connectivity index (χ4n) is 0.577. The SMILES string of the molecule is CCCC.CO[SiH](OC)OC.CO[SiH](OC)OC. The van der Waals surface area contributed by atoms with Crippen LogP contribution >= 0.6 is 0 Å². The summed E-state index contributed by atoms with van der Waals surface area (Å²) in [6.07, 6.45) is 2.64. The minimum Gasteiger partial charge on any atom is -0.379 e. The van der Waals surface area contributed by atoms with Crippen LogP contribution in [0.1, 0.15) is 26.7 Å². The van der Waals surface area contributed by atoms with E-state index in [1.54, 1.807) is 42.7 Å². The second-order valence-corrected chi connectivity index (χ2v) is 6.97. The summed E-state index contributed by atoms with van der Waals surface area (Å²) in [4.78, 5) is 0. The van der Waals surface area contributed by atoms with Gasteiger partial charge in [-0.3, -0.25) is 0 Å². The van der Waals surface area contributed by atoms with E-state index in [1.165, 1.54) is 12.8 Å². The lowest BCUT2D eigenvalue weighted by molar-refractivity contribution is 0.163. The second-order valence-electron chi connectivity index (χ2n) is 2.99. The van der Waals surface area contributed by atoms with Gasteiger partial charge in [0.2, 0.25) is 0 Å². The lowest BCUT2D eigenvalue weighted by atomic mass is 10.4. The molecule has 0 rings (SSSR count). The van der Waals surface area contributed by atoms with Crippen molar-refractivity contribution in [2.24, 2.45) is 0 Å². The van der Waals surface area contributed by atoms with E-state index < -0.39 is 19.1 Å². The lowest BCUT2D eigenvalue weighted by Crippen LogP contribution is -2.21. The van der Waals surface area contributed by atoms with Crippen LogP contribution < -0.4 is 0 Å². The second kappa shape index (κ2) is 22.4. The van der Waals surface area contributed by atoms with Crippen LogP contribution in [-0.2, 0) is 26.6 Å². The van der Waals surface area contributed by atoms with Crippen LogP contribution in [0.5, 0.6) is 0 Å². The van der Waals surface area contributed by atoms with Crippen LogP contribution in [0.4, 0.5) is 0 Å². The molecule has 0 aromatic heterocycles. The van der Waals surface area contributed by atoms with Crippen molar-refractivity contribution in [1.82, 2.24) is 0 Å². The summed E-state index contributed by atoms with van der Waals surface area (Å²) < 4.78 is 28.5. The third-order valence-electron chi connectivity index (χ3n) is 1.65. The molecule has 0 bridgehead atoms. The molecule has 0 saturated heterocycles. The molecule has 0 atom stereocenters. The van der Waals surface area contributed by atoms with Gasteiger partial charge < -0.3 is 26.6 Å². The van der Waals surface area contributed by atoms with Gasteiger partial charge in [-0.25, -0.2) is 0 Å². The largest absolute Gasteiger partial charge is 0.483 e. The van der Waals surface area contributed by atoms with Crippen molar-refractivity contribution in [2.75, 3.05) is 42.7 Å². The molecule has 0 N–H and O–H groups in total. The van der Waals surface area contributed by atoms with Crippen LogP contribution in [0.25, 0.3) is 0 Å². The predicted octanol–water partition coefficient (Wildman–Crippen LogP) is 1.09. The highest BCUT2D eigenvalue weighted by atomic mass is 28.3. The maximum absolute atomic E-state index is 4.74. The molecule has 0 saturated carbocycles. The van der Waals surface area contributed by atoms with E-state index in [2.05, 4.69) is 13.8 Å². The maximum Gasteiger partial charge on any atom is 0.483 e. The predicted molar refractivity (Wildman–Crippen MR) is 76.9 cm³/mol. The molecule has 6 nitrogen and oxygen atoms in total. The number of rotatable bonds is 7. The van der Waals surface area contributed by atoms with Gasteiger partial charge >= 0.3 is 19.1 Å². The highest BCUT2D eigenvalue weighted by Gasteiger charge is 2.05. The quantitative estimate of drug-likeness (QED) is 0.656. The van der Waals surface area contributed by atoms with Gasteiger partial charge in [-0.2, -0.15) is 0 Å². The Hall–Kier alpha value is 0.194. The minimum atomic E-state index is -1.67. The Morgan fingerprint density at radius 1 is 0.500 bits per heavy atom. The van der Waals surface area contributed by atoms with Gasteiger partial charge in [-0.05, 0) is 0 Å². The fraction of sp³-hybridized carbons (Fsp3) is 1.00. The molecule has 0 aromatic rings. The van der Waals surface area contributed by atoms with E-state index in [-0.39, 0.29) is 0 Å². The van der Waals surface area contributed by atoms with E-state index in [4.69, 9.17) is 26.6 Å². The van der Waals surface area contributed by atoms with Crippen molar-refractivity contribution in [3.8, 4) is 0 Å². The van der Waals surface area contributed by atoms with E-state index in [0.29, 0.717) is 0 Å². The lowest BCUT2D eigenvalue weighted by Gasteiger charge is -2.05. The van der Waals surface area contributed by atoms with E-state index in [0.717, 1.165) is 0 Å². The zero-order valence-corrected chi connectivity index (χ0v) is 15.3. The molecule has 8 heteroatoms. The highest BCUT2D eigenvalue weighted by molar-refractivity contribution is 6.36. The standard InChI is InChI=1S/C4H10.2C3H10O3Si/c1-3-4-2;2*1-4-7(5-2)6-3/h3-4H2,1-2H3;2*7H,1-3H3. The van der Waals surface area contributed by atoms with Gasteiger partial charge in [0.1, 0.15) is 0 Å². The monoisotopic (exact) mass is 302 g/mol. The molecule has 0 aliphatic rings. The van der Waals surface area contributed by atoms with Crippen molar-refractivity contribution in [3.05, 3.63) is 0 Å². The molecule has 0 unspecified atom stereocenters. The summed E-state index contributed by atoms with van der Waals surface area (Å²) in [5.74, 6) is 0. The molecule has 0 amide bonds. The maximum atomic E-state index is 4.74. The molecule has 0 aliphatic heterocycles. The molecule has 0 aliphatic carbocycles. The van der Waals surface area contributed by atoms with Crippen LogP contribution in [0.2, 0.25) is 0 Å². The molecular formula is C10H30O6Si2. The molecule has 0 spiro atoms. The fourth-order valence-corrected chi connectivity index (χ4v) is 1.73.